The number of carbonyl (C=O) groups excluding carboxylic acids is 1. The van der Waals surface area contributed by atoms with Gasteiger partial charge < -0.3 is 9.73 Å². The van der Waals surface area contributed by atoms with Gasteiger partial charge in [0.05, 0.1) is 12.6 Å². The van der Waals surface area contributed by atoms with E-state index in [9.17, 15) is 9.18 Å². The van der Waals surface area contributed by atoms with Crippen LogP contribution in [0.2, 0.25) is 0 Å². The first kappa shape index (κ1) is 24.4. The van der Waals surface area contributed by atoms with E-state index in [2.05, 4.69) is 47.2 Å². The van der Waals surface area contributed by atoms with Gasteiger partial charge in [-0.25, -0.2) is 9.37 Å². The van der Waals surface area contributed by atoms with Crippen molar-refractivity contribution in [3.8, 4) is 0 Å². The maximum atomic E-state index is 13.4. The number of aromatic nitrogens is 1. The third kappa shape index (κ3) is 6.64. The number of oxazole rings is 1. The van der Waals surface area contributed by atoms with Gasteiger partial charge in [-0.2, -0.15) is 0 Å². The van der Waals surface area contributed by atoms with Crippen molar-refractivity contribution in [3.63, 3.8) is 0 Å². The Bertz CT molecular complexity index is 1270. The molecule has 0 bridgehead atoms. The Balaban J connectivity index is 1.48. The normalized spacial score (nSPS) is 12.0. The van der Waals surface area contributed by atoms with Gasteiger partial charge in [0.1, 0.15) is 12.1 Å². The molecule has 0 saturated heterocycles. The predicted molar refractivity (Wildman–Crippen MR) is 134 cm³/mol. The number of hydrogen-bond donors (Lipinski definition) is 1. The molecule has 1 aromatic heterocycles. The van der Waals surface area contributed by atoms with Crippen LogP contribution >= 0.6 is 0 Å². The molecule has 0 aliphatic heterocycles. The fraction of sp³-hybridized carbons (Fsp3) is 0.241. The summed E-state index contributed by atoms with van der Waals surface area (Å²) in [5.74, 6) is -0.0891. The first-order chi connectivity index (χ1) is 16.9. The molecule has 0 aliphatic carbocycles. The highest BCUT2D eigenvalue weighted by Crippen LogP contribution is 2.19. The van der Waals surface area contributed by atoms with Gasteiger partial charge in [-0.05, 0) is 55.2 Å². The van der Waals surface area contributed by atoms with Crippen molar-refractivity contribution < 1.29 is 13.6 Å². The summed E-state index contributed by atoms with van der Waals surface area (Å²) in [6.45, 7) is 7.76. The minimum Gasteiger partial charge on any atom is -0.447 e. The quantitative estimate of drug-likeness (QED) is 0.319. The van der Waals surface area contributed by atoms with Gasteiger partial charge in [-0.3, -0.25) is 9.69 Å². The minimum atomic E-state index is -0.282. The lowest BCUT2D eigenvalue weighted by atomic mass is 10.0. The standard InChI is InChI=1S/C29H30FN3O2/c1-20-9-10-21(2)25(15-20)17-33(16-23-11-13-26(30)14-12-23)18-28-32-27(19-35-28)29(34)31-22(3)24-7-5-4-6-8-24/h4-15,19,22H,16-18H2,1-3H3,(H,31,34). The molecule has 4 aromatic rings. The third-order valence-electron chi connectivity index (χ3n) is 6.01. The lowest BCUT2D eigenvalue weighted by molar-refractivity contribution is 0.0934. The average molecular weight is 472 g/mol. The number of benzene rings is 3. The summed E-state index contributed by atoms with van der Waals surface area (Å²) in [6, 6.07) is 22.5. The van der Waals surface area contributed by atoms with Crippen molar-refractivity contribution in [2.45, 2.75) is 46.4 Å². The van der Waals surface area contributed by atoms with Crippen LogP contribution in [-0.2, 0) is 19.6 Å². The van der Waals surface area contributed by atoms with E-state index in [4.69, 9.17) is 4.42 Å². The van der Waals surface area contributed by atoms with E-state index in [0.29, 0.717) is 25.5 Å². The molecule has 180 valence electrons. The second-order valence-corrected chi connectivity index (χ2v) is 8.93. The molecule has 0 spiro atoms. The van der Waals surface area contributed by atoms with Gasteiger partial charge in [0.25, 0.3) is 5.91 Å². The Morgan fingerprint density at radius 1 is 1.00 bits per heavy atom. The summed E-state index contributed by atoms with van der Waals surface area (Å²) >= 11 is 0. The molecule has 5 nitrogen and oxygen atoms in total. The van der Waals surface area contributed by atoms with Crippen molar-refractivity contribution in [2.24, 2.45) is 0 Å². The van der Waals surface area contributed by atoms with Gasteiger partial charge in [0, 0.05) is 13.1 Å². The number of rotatable bonds is 9. The van der Waals surface area contributed by atoms with Crippen molar-refractivity contribution >= 4 is 5.91 Å². The van der Waals surface area contributed by atoms with Gasteiger partial charge in [0.2, 0.25) is 5.89 Å². The summed E-state index contributed by atoms with van der Waals surface area (Å²) in [6.07, 6.45) is 1.40. The molecule has 0 aliphatic rings. The zero-order chi connectivity index (χ0) is 24.8. The largest absolute Gasteiger partial charge is 0.447 e. The van der Waals surface area contributed by atoms with Crippen molar-refractivity contribution in [2.75, 3.05) is 0 Å². The molecule has 4 rings (SSSR count). The van der Waals surface area contributed by atoms with Crippen LogP contribution in [0.4, 0.5) is 4.39 Å². The Kier molecular flexibility index (Phi) is 7.73. The molecule has 3 aromatic carbocycles. The van der Waals surface area contributed by atoms with Crippen molar-refractivity contribution in [3.05, 3.63) is 124 Å². The lowest BCUT2D eigenvalue weighted by Crippen LogP contribution is -2.27. The van der Waals surface area contributed by atoms with Gasteiger partial charge in [-0.15, -0.1) is 0 Å². The Hall–Kier alpha value is -3.77. The summed E-state index contributed by atoms with van der Waals surface area (Å²) in [5.41, 5.74) is 5.84. The highest BCUT2D eigenvalue weighted by atomic mass is 19.1. The smallest absolute Gasteiger partial charge is 0.273 e. The first-order valence-corrected chi connectivity index (χ1v) is 11.7. The maximum Gasteiger partial charge on any atom is 0.273 e. The minimum absolute atomic E-state index is 0.150. The van der Waals surface area contributed by atoms with Crippen LogP contribution in [0.5, 0.6) is 0 Å². The second kappa shape index (κ2) is 11.1. The average Bonchev–Trinajstić information content (AvgIpc) is 3.32. The number of carbonyl (C=O) groups is 1. The number of hydrogen-bond acceptors (Lipinski definition) is 4. The zero-order valence-electron chi connectivity index (χ0n) is 20.3. The van der Waals surface area contributed by atoms with Crippen LogP contribution < -0.4 is 5.32 Å². The summed E-state index contributed by atoms with van der Waals surface area (Å²) in [7, 11) is 0. The molecule has 1 heterocycles. The molecule has 1 unspecified atom stereocenters. The molecule has 35 heavy (non-hydrogen) atoms. The van der Waals surface area contributed by atoms with Gasteiger partial charge >= 0.3 is 0 Å². The molecule has 0 fully saturated rings. The van der Waals surface area contributed by atoms with E-state index in [1.165, 1.54) is 35.1 Å². The number of amides is 1. The number of nitrogens with zero attached hydrogens (tertiary/aromatic N) is 2. The highest BCUT2D eigenvalue weighted by Gasteiger charge is 2.18. The molecule has 1 N–H and O–H groups in total. The molecule has 1 amide bonds. The van der Waals surface area contributed by atoms with Crippen LogP contribution in [0.3, 0.4) is 0 Å². The van der Waals surface area contributed by atoms with Crippen LogP contribution in [0, 0.1) is 19.7 Å². The number of aryl methyl sites for hydroxylation is 2. The Morgan fingerprint density at radius 2 is 1.74 bits per heavy atom. The predicted octanol–water partition coefficient (Wildman–Crippen LogP) is 6.12. The van der Waals surface area contributed by atoms with E-state index in [1.54, 1.807) is 12.1 Å². The van der Waals surface area contributed by atoms with Crippen molar-refractivity contribution in [1.82, 2.24) is 15.2 Å². The second-order valence-electron chi connectivity index (χ2n) is 8.93. The highest BCUT2D eigenvalue weighted by molar-refractivity contribution is 5.92. The summed E-state index contributed by atoms with van der Waals surface area (Å²) < 4.78 is 19.1. The van der Waals surface area contributed by atoms with Crippen LogP contribution in [0.1, 0.15) is 57.2 Å². The molecular formula is C29H30FN3O2. The van der Waals surface area contributed by atoms with Crippen LogP contribution in [0.15, 0.2) is 83.5 Å². The molecule has 6 heteroatoms. The lowest BCUT2D eigenvalue weighted by Gasteiger charge is -2.22. The van der Waals surface area contributed by atoms with E-state index < -0.39 is 0 Å². The number of halogens is 1. The monoisotopic (exact) mass is 471 g/mol. The van der Waals surface area contributed by atoms with Gasteiger partial charge in [0.15, 0.2) is 5.69 Å². The Morgan fingerprint density at radius 3 is 2.49 bits per heavy atom. The molecule has 0 saturated carbocycles. The molecule has 1 atom stereocenters. The van der Waals surface area contributed by atoms with Gasteiger partial charge in [-0.1, -0.05) is 66.2 Å². The van der Waals surface area contributed by atoms with Crippen LogP contribution in [0.25, 0.3) is 0 Å². The van der Waals surface area contributed by atoms with E-state index in [-0.39, 0.29) is 23.5 Å². The van der Waals surface area contributed by atoms with Crippen molar-refractivity contribution in [1.29, 1.82) is 0 Å². The zero-order valence-corrected chi connectivity index (χ0v) is 20.3. The van der Waals surface area contributed by atoms with Crippen LogP contribution in [-0.4, -0.2) is 15.8 Å². The van der Waals surface area contributed by atoms with E-state index in [0.717, 1.165) is 11.1 Å². The molecular weight excluding hydrogens is 441 g/mol. The number of nitrogens with one attached hydrogen (secondary N) is 1. The SMILES string of the molecule is Cc1ccc(C)c(CN(Cc2ccc(F)cc2)Cc2nc(C(=O)NC(C)c3ccccc3)co2)c1. The fourth-order valence-electron chi connectivity index (χ4n) is 4.00. The van der Waals surface area contributed by atoms with E-state index in [1.807, 2.05) is 37.3 Å². The molecule has 0 radical (unpaired) electrons. The topological polar surface area (TPSA) is 58.4 Å². The van der Waals surface area contributed by atoms with E-state index >= 15 is 0 Å². The summed E-state index contributed by atoms with van der Waals surface area (Å²) in [4.78, 5) is 19.4. The fourth-order valence-corrected chi connectivity index (χ4v) is 4.00. The Labute approximate surface area is 205 Å². The summed E-state index contributed by atoms with van der Waals surface area (Å²) in [5, 5.41) is 2.97. The maximum absolute atomic E-state index is 13.4. The third-order valence-corrected chi connectivity index (χ3v) is 6.01. The first-order valence-electron chi connectivity index (χ1n) is 11.7.